The molecule has 0 N–H and O–H groups in total. The van der Waals surface area contributed by atoms with Crippen molar-refractivity contribution in [3.05, 3.63) is 46.0 Å². The molecule has 0 aliphatic carbocycles. The molecule has 3 rings (SSSR count). The van der Waals surface area contributed by atoms with E-state index in [1.807, 2.05) is 19.1 Å². The van der Waals surface area contributed by atoms with E-state index in [9.17, 15) is 4.79 Å². The van der Waals surface area contributed by atoms with Crippen LogP contribution in [-0.2, 0) is 11.3 Å². The number of hydrogen-bond acceptors (Lipinski definition) is 4. The van der Waals surface area contributed by atoms with Crippen LogP contribution in [0.25, 0.3) is 5.65 Å². The number of aryl methyl sites for hydroxylation is 1. The number of ether oxygens (including phenoxy) is 1. The first kappa shape index (κ1) is 18.1. The first-order valence-corrected chi connectivity index (χ1v) is 9.35. The van der Waals surface area contributed by atoms with Gasteiger partial charge in [0, 0.05) is 31.9 Å². The van der Waals surface area contributed by atoms with Gasteiger partial charge in [-0.1, -0.05) is 32.8 Å². The summed E-state index contributed by atoms with van der Waals surface area (Å²) in [4.78, 5) is 19.4. The highest BCUT2D eigenvalue weighted by atomic mass is 16.5. The maximum atomic E-state index is 12.3. The largest absolute Gasteiger partial charge is 0.376 e. The molecule has 136 valence electrons. The Morgan fingerprint density at radius 3 is 3.04 bits per heavy atom. The van der Waals surface area contributed by atoms with E-state index in [-0.39, 0.29) is 5.56 Å². The summed E-state index contributed by atoms with van der Waals surface area (Å²) in [5.41, 5.74) is 2.62. The highest BCUT2D eigenvalue weighted by Crippen LogP contribution is 2.16. The van der Waals surface area contributed by atoms with Crippen LogP contribution in [0.5, 0.6) is 0 Å². The SMILES string of the molecule is Cc1cccn2c(=O)cc(CN3CCO[C@H](CCCC(C)C)C3)nc12. The van der Waals surface area contributed by atoms with Gasteiger partial charge in [-0.3, -0.25) is 14.1 Å². The van der Waals surface area contributed by atoms with Gasteiger partial charge in [-0.25, -0.2) is 4.98 Å². The van der Waals surface area contributed by atoms with Crippen molar-refractivity contribution in [2.75, 3.05) is 19.7 Å². The van der Waals surface area contributed by atoms with Gasteiger partial charge in [0.15, 0.2) is 0 Å². The average molecular weight is 343 g/mol. The predicted octanol–water partition coefficient (Wildman–Crippen LogP) is 3.03. The molecule has 2 aromatic heterocycles. The van der Waals surface area contributed by atoms with Crippen LogP contribution < -0.4 is 5.56 Å². The van der Waals surface area contributed by atoms with Crippen molar-refractivity contribution in [1.29, 1.82) is 0 Å². The summed E-state index contributed by atoms with van der Waals surface area (Å²) < 4.78 is 7.53. The van der Waals surface area contributed by atoms with E-state index in [1.165, 1.54) is 12.8 Å². The van der Waals surface area contributed by atoms with E-state index in [2.05, 4.69) is 18.7 Å². The molecule has 0 radical (unpaired) electrons. The maximum absolute atomic E-state index is 12.3. The Balaban J connectivity index is 1.66. The quantitative estimate of drug-likeness (QED) is 0.809. The Bertz CT molecular complexity index is 769. The Hall–Kier alpha value is -1.72. The van der Waals surface area contributed by atoms with Crippen LogP contribution in [0.3, 0.4) is 0 Å². The molecule has 5 nitrogen and oxygen atoms in total. The monoisotopic (exact) mass is 343 g/mol. The standard InChI is InChI=1S/C20H29N3O2/c1-15(2)6-4-8-18-14-22(10-11-25-18)13-17-12-19(24)23-9-5-7-16(3)20(23)21-17/h5,7,9,12,15,18H,4,6,8,10-11,13-14H2,1-3H3/t18-/m1/s1. The molecular weight excluding hydrogens is 314 g/mol. The third-order valence-corrected chi connectivity index (χ3v) is 4.86. The number of pyridine rings is 1. The Labute approximate surface area is 149 Å². The van der Waals surface area contributed by atoms with Crippen LogP contribution >= 0.6 is 0 Å². The summed E-state index contributed by atoms with van der Waals surface area (Å²) in [5, 5.41) is 0. The summed E-state index contributed by atoms with van der Waals surface area (Å²) in [5.74, 6) is 0.748. The zero-order chi connectivity index (χ0) is 17.8. The second kappa shape index (κ2) is 8.11. The maximum Gasteiger partial charge on any atom is 0.258 e. The molecule has 2 aromatic rings. The Morgan fingerprint density at radius 2 is 2.24 bits per heavy atom. The lowest BCUT2D eigenvalue weighted by molar-refractivity contribution is -0.0363. The lowest BCUT2D eigenvalue weighted by Gasteiger charge is -2.32. The minimum Gasteiger partial charge on any atom is -0.376 e. The van der Waals surface area contributed by atoms with E-state index in [1.54, 1.807) is 16.7 Å². The third-order valence-electron chi connectivity index (χ3n) is 4.86. The summed E-state index contributed by atoms with van der Waals surface area (Å²) in [7, 11) is 0. The van der Waals surface area contributed by atoms with Crippen molar-refractivity contribution >= 4 is 5.65 Å². The van der Waals surface area contributed by atoms with Gasteiger partial charge in [-0.05, 0) is 30.9 Å². The van der Waals surface area contributed by atoms with Crippen molar-refractivity contribution in [3.8, 4) is 0 Å². The first-order chi connectivity index (χ1) is 12.0. The summed E-state index contributed by atoms with van der Waals surface area (Å²) in [6.07, 6.45) is 5.66. The smallest absolute Gasteiger partial charge is 0.258 e. The van der Waals surface area contributed by atoms with Crippen LogP contribution in [0.4, 0.5) is 0 Å². The molecule has 1 atom stereocenters. The summed E-state index contributed by atoms with van der Waals surface area (Å²) in [6, 6.07) is 5.54. The van der Waals surface area contributed by atoms with Crippen LogP contribution in [-0.4, -0.2) is 40.1 Å². The molecule has 0 aromatic carbocycles. The number of fused-ring (bicyclic) bond motifs is 1. The van der Waals surface area contributed by atoms with Gasteiger partial charge in [0.05, 0.1) is 18.4 Å². The topological polar surface area (TPSA) is 46.8 Å². The highest BCUT2D eigenvalue weighted by molar-refractivity contribution is 5.46. The number of aromatic nitrogens is 2. The van der Waals surface area contributed by atoms with Crippen LogP contribution in [0, 0.1) is 12.8 Å². The molecule has 0 bridgehead atoms. The average Bonchev–Trinajstić information content (AvgIpc) is 2.56. The normalized spacial score (nSPS) is 19.0. The molecule has 25 heavy (non-hydrogen) atoms. The Morgan fingerprint density at radius 1 is 1.40 bits per heavy atom. The minimum atomic E-state index is -0.00885. The van der Waals surface area contributed by atoms with Crippen LogP contribution in [0.2, 0.25) is 0 Å². The van der Waals surface area contributed by atoms with Gasteiger partial charge in [0.2, 0.25) is 0 Å². The number of hydrogen-bond donors (Lipinski definition) is 0. The second-order valence-electron chi connectivity index (χ2n) is 7.52. The van der Waals surface area contributed by atoms with Gasteiger partial charge in [0.25, 0.3) is 5.56 Å². The second-order valence-corrected chi connectivity index (χ2v) is 7.52. The molecule has 5 heteroatoms. The lowest BCUT2D eigenvalue weighted by Crippen LogP contribution is -2.42. The molecular formula is C20H29N3O2. The molecule has 0 amide bonds. The van der Waals surface area contributed by atoms with Gasteiger partial charge >= 0.3 is 0 Å². The number of nitrogens with zero attached hydrogens (tertiary/aromatic N) is 3. The predicted molar refractivity (Wildman–Crippen MR) is 99.9 cm³/mol. The molecule has 0 spiro atoms. The molecule has 0 unspecified atom stereocenters. The van der Waals surface area contributed by atoms with E-state index < -0.39 is 0 Å². The number of rotatable bonds is 6. The van der Waals surface area contributed by atoms with Crippen molar-refractivity contribution in [3.63, 3.8) is 0 Å². The van der Waals surface area contributed by atoms with Crippen molar-refractivity contribution in [2.24, 2.45) is 5.92 Å². The van der Waals surface area contributed by atoms with E-state index in [4.69, 9.17) is 9.72 Å². The van der Waals surface area contributed by atoms with Crippen molar-refractivity contribution in [1.82, 2.24) is 14.3 Å². The highest BCUT2D eigenvalue weighted by Gasteiger charge is 2.21. The number of morpholine rings is 1. The van der Waals surface area contributed by atoms with E-state index >= 15 is 0 Å². The molecule has 1 saturated heterocycles. The zero-order valence-electron chi connectivity index (χ0n) is 15.6. The zero-order valence-corrected chi connectivity index (χ0v) is 15.6. The molecule has 0 saturated carbocycles. The molecule has 1 fully saturated rings. The first-order valence-electron chi connectivity index (χ1n) is 9.35. The summed E-state index contributed by atoms with van der Waals surface area (Å²) >= 11 is 0. The van der Waals surface area contributed by atoms with E-state index in [0.29, 0.717) is 12.6 Å². The molecule has 1 aliphatic rings. The van der Waals surface area contributed by atoms with Crippen LogP contribution in [0.1, 0.15) is 44.4 Å². The van der Waals surface area contributed by atoms with Gasteiger partial charge in [-0.15, -0.1) is 0 Å². The molecule has 3 heterocycles. The fraction of sp³-hybridized carbons (Fsp3) is 0.600. The van der Waals surface area contributed by atoms with Crippen LogP contribution in [0.15, 0.2) is 29.2 Å². The fourth-order valence-corrected chi connectivity index (χ4v) is 3.47. The van der Waals surface area contributed by atoms with Crippen molar-refractivity contribution in [2.45, 2.75) is 52.7 Å². The third kappa shape index (κ3) is 4.67. The molecule has 1 aliphatic heterocycles. The van der Waals surface area contributed by atoms with Gasteiger partial charge in [0.1, 0.15) is 5.65 Å². The Kier molecular flexibility index (Phi) is 5.86. The van der Waals surface area contributed by atoms with Gasteiger partial charge in [-0.2, -0.15) is 0 Å². The van der Waals surface area contributed by atoms with Gasteiger partial charge < -0.3 is 4.74 Å². The van der Waals surface area contributed by atoms with Crippen molar-refractivity contribution < 1.29 is 4.74 Å². The lowest BCUT2D eigenvalue weighted by atomic mass is 10.0. The minimum absolute atomic E-state index is 0.00885. The van der Waals surface area contributed by atoms with E-state index in [0.717, 1.165) is 48.9 Å². The summed E-state index contributed by atoms with van der Waals surface area (Å²) in [6.45, 7) is 9.81. The fourth-order valence-electron chi connectivity index (χ4n) is 3.47.